The van der Waals surface area contributed by atoms with Crippen molar-refractivity contribution in [2.45, 2.75) is 0 Å². The Morgan fingerprint density at radius 1 is 1.00 bits per heavy atom. The molecule has 0 aliphatic carbocycles. The Hall–Kier alpha value is -1.83. The van der Waals surface area contributed by atoms with Crippen molar-refractivity contribution >= 4 is 39.7 Å². The number of nitriles is 1. The van der Waals surface area contributed by atoms with Crippen molar-refractivity contribution in [3.8, 4) is 6.07 Å². The number of thioether (sulfide) groups is 1. The lowest BCUT2D eigenvalue weighted by molar-refractivity contribution is 1.39. The first-order chi connectivity index (χ1) is 9.33. The fourth-order valence-electron chi connectivity index (χ4n) is 1.67. The summed E-state index contributed by atoms with van der Waals surface area (Å²) in [4.78, 5) is 1.98. The zero-order valence-electron chi connectivity index (χ0n) is 10.2. The van der Waals surface area contributed by atoms with Crippen molar-refractivity contribution in [2.75, 3.05) is 10.7 Å². The van der Waals surface area contributed by atoms with Gasteiger partial charge >= 0.3 is 0 Å². The first kappa shape index (κ1) is 13.6. The van der Waals surface area contributed by atoms with Gasteiger partial charge in [0.25, 0.3) is 0 Å². The van der Waals surface area contributed by atoms with Gasteiger partial charge < -0.3 is 0 Å². The van der Waals surface area contributed by atoms with Crippen LogP contribution in [0.3, 0.4) is 0 Å². The van der Waals surface area contributed by atoms with Crippen molar-refractivity contribution in [3.05, 3.63) is 60.7 Å². The van der Waals surface area contributed by atoms with Crippen molar-refractivity contribution < 1.29 is 0 Å². The van der Waals surface area contributed by atoms with Crippen LogP contribution in [0.25, 0.3) is 0 Å². The van der Waals surface area contributed by atoms with Crippen LogP contribution in [0.4, 0.5) is 11.4 Å². The summed E-state index contributed by atoms with van der Waals surface area (Å²) in [6.45, 7) is 0. The van der Waals surface area contributed by atoms with Gasteiger partial charge in [-0.2, -0.15) is 5.26 Å². The van der Waals surface area contributed by atoms with Crippen LogP contribution >= 0.6 is 24.0 Å². The van der Waals surface area contributed by atoms with Crippen molar-refractivity contribution in [3.63, 3.8) is 0 Å². The lowest BCUT2D eigenvalue weighted by Crippen LogP contribution is -2.21. The van der Waals surface area contributed by atoms with Gasteiger partial charge in [0, 0.05) is 11.4 Å². The molecule has 0 N–H and O–H groups in total. The van der Waals surface area contributed by atoms with E-state index in [9.17, 15) is 0 Å². The Bertz CT molecular complexity index is 537. The summed E-state index contributed by atoms with van der Waals surface area (Å²) in [5.41, 5.74) is 2.01. The van der Waals surface area contributed by atoms with Gasteiger partial charge in [-0.1, -0.05) is 60.4 Å². The minimum Gasteiger partial charge on any atom is -0.296 e. The molecule has 0 heterocycles. The van der Waals surface area contributed by atoms with Crippen molar-refractivity contribution in [2.24, 2.45) is 0 Å². The third-order valence-electron chi connectivity index (χ3n) is 2.47. The topological polar surface area (TPSA) is 27.0 Å². The van der Waals surface area contributed by atoms with Crippen LogP contribution in [0.2, 0.25) is 0 Å². The van der Waals surface area contributed by atoms with Gasteiger partial charge in [0.05, 0.1) is 11.8 Å². The molecule has 0 fully saturated rings. The summed E-state index contributed by atoms with van der Waals surface area (Å²) in [6.07, 6.45) is 0. The van der Waals surface area contributed by atoms with Crippen LogP contribution in [-0.2, 0) is 0 Å². The maximum absolute atomic E-state index is 8.69. The molecule has 0 saturated heterocycles. The minimum atomic E-state index is 0.356. The molecule has 4 heteroatoms. The molecule has 0 saturated carbocycles. The molecule has 0 aromatic heterocycles. The Labute approximate surface area is 122 Å². The molecule has 2 nitrogen and oxygen atoms in total. The monoisotopic (exact) mass is 284 g/mol. The number of anilines is 2. The van der Waals surface area contributed by atoms with Gasteiger partial charge in [-0.25, -0.2) is 0 Å². The molecule has 2 aromatic carbocycles. The molecule has 19 heavy (non-hydrogen) atoms. The van der Waals surface area contributed by atoms with E-state index in [2.05, 4.69) is 6.07 Å². The molecule has 2 rings (SSSR count). The van der Waals surface area contributed by atoms with E-state index in [0.717, 1.165) is 11.4 Å². The van der Waals surface area contributed by atoms with E-state index >= 15 is 0 Å². The van der Waals surface area contributed by atoms with Gasteiger partial charge in [0.1, 0.15) is 4.32 Å². The van der Waals surface area contributed by atoms with Gasteiger partial charge in [0.2, 0.25) is 0 Å². The Balaban J connectivity index is 2.35. The highest BCUT2D eigenvalue weighted by molar-refractivity contribution is 8.23. The molecule has 0 unspecified atom stereocenters. The zero-order valence-corrected chi connectivity index (χ0v) is 11.8. The number of nitrogens with zero attached hydrogens (tertiary/aromatic N) is 2. The second-order valence-electron chi connectivity index (χ2n) is 3.72. The maximum Gasteiger partial charge on any atom is 0.146 e. The molecular weight excluding hydrogens is 272 g/mol. The highest BCUT2D eigenvalue weighted by Gasteiger charge is 2.14. The summed E-state index contributed by atoms with van der Waals surface area (Å²) in [7, 11) is 0. The largest absolute Gasteiger partial charge is 0.296 e. The van der Waals surface area contributed by atoms with E-state index in [0.29, 0.717) is 10.1 Å². The lowest BCUT2D eigenvalue weighted by atomic mass is 10.2. The average Bonchev–Trinajstić information content (AvgIpc) is 2.47. The standard InChI is InChI=1S/C15H12N2S2/c16-11-12-19-15(18)17(13-7-3-1-4-8-13)14-9-5-2-6-10-14/h1-10H,12H2. The fourth-order valence-corrected chi connectivity index (χ4v) is 2.59. The van der Waals surface area contributed by atoms with Crippen LogP contribution in [0.5, 0.6) is 0 Å². The Morgan fingerprint density at radius 3 is 1.89 bits per heavy atom. The lowest BCUT2D eigenvalue weighted by Gasteiger charge is -2.24. The van der Waals surface area contributed by atoms with Crippen LogP contribution in [0.15, 0.2) is 60.7 Å². The maximum atomic E-state index is 8.69. The smallest absolute Gasteiger partial charge is 0.146 e. The Kier molecular flexibility index (Phi) is 4.96. The zero-order chi connectivity index (χ0) is 13.5. The first-order valence-corrected chi connectivity index (χ1v) is 7.16. The molecule has 0 aliphatic heterocycles. The van der Waals surface area contributed by atoms with Gasteiger partial charge in [-0.3, -0.25) is 4.90 Å². The van der Waals surface area contributed by atoms with Crippen LogP contribution < -0.4 is 4.90 Å². The van der Waals surface area contributed by atoms with E-state index in [1.807, 2.05) is 65.6 Å². The third kappa shape index (κ3) is 3.57. The van der Waals surface area contributed by atoms with E-state index < -0.39 is 0 Å². The van der Waals surface area contributed by atoms with Crippen LogP contribution in [-0.4, -0.2) is 10.1 Å². The number of thiocarbonyl (C=S) groups is 1. The highest BCUT2D eigenvalue weighted by Crippen LogP contribution is 2.28. The molecule has 94 valence electrons. The van der Waals surface area contributed by atoms with E-state index in [1.54, 1.807) is 0 Å². The number of rotatable bonds is 3. The summed E-state index contributed by atoms with van der Waals surface area (Å²) in [5.74, 6) is 0.356. The van der Waals surface area contributed by atoms with Crippen molar-refractivity contribution in [1.82, 2.24) is 0 Å². The molecule has 0 amide bonds. The third-order valence-corrected chi connectivity index (χ3v) is 3.71. The Morgan fingerprint density at radius 2 is 1.47 bits per heavy atom. The summed E-state index contributed by atoms with van der Waals surface area (Å²) in [5, 5.41) is 8.69. The molecule has 0 bridgehead atoms. The number of hydrogen-bond acceptors (Lipinski definition) is 3. The summed E-state index contributed by atoms with van der Waals surface area (Å²) in [6, 6.07) is 22.0. The first-order valence-electron chi connectivity index (χ1n) is 5.77. The predicted octanol–water partition coefficient (Wildman–Crippen LogP) is 4.37. The second kappa shape index (κ2) is 6.93. The van der Waals surface area contributed by atoms with E-state index in [4.69, 9.17) is 17.5 Å². The minimum absolute atomic E-state index is 0.356. The normalized spacial score (nSPS) is 9.63. The van der Waals surface area contributed by atoms with Crippen molar-refractivity contribution in [1.29, 1.82) is 5.26 Å². The molecule has 0 atom stereocenters. The predicted molar refractivity (Wildman–Crippen MR) is 85.7 cm³/mol. The number of para-hydroxylation sites is 2. The van der Waals surface area contributed by atoms with Gasteiger partial charge in [-0.15, -0.1) is 0 Å². The number of hydrogen-bond donors (Lipinski definition) is 0. The number of benzene rings is 2. The molecular formula is C15H12N2S2. The van der Waals surface area contributed by atoms with Crippen LogP contribution in [0, 0.1) is 11.3 Å². The highest BCUT2D eigenvalue weighted by atomic mass is 32.2. The SMILES string of the molecule is N#CCSC(=S)N(c1ccccc1)c1ccccc1. The van der Waals surface area contributed by atoms with E-state index in [1.165, 1.54) is 11.8 Å². The van der Waals surface area contributed by atoms with E-state index in [-0.39, 0.29) is 0 Å². The molecule has 2 aromatic rings. The average molecular weight is 284 g/mol. The van der Waals surface area contributed by atoms with Crippen LogP contribution in [0.1, 0.15) is 0 Å². The summed E-state index contributed by atoms with van der Waals surface area (Å²) >= 11 is 6.81. The van der Waals surface area contributed by atoms with Gasteiger partial charge in [0.15, 0.2) is 0 Å². The summed E-state index contributed by atoms with van der Waals surface area (Å²) < 4.78 is 0.680. The molecule has 0 radical (unpaired) electrons. The quantitative estimate of drug-likeness (QED) is 0.782. The second-order valence-corrected chi connectivity index (χ2v) is 5.33. The molecule has 0 spiro atoms. The molecule has 0 aliphatic rings. The van der Waals surface area contributed by atoms with Gasteiger partial charge in [-0.05, 0) is 24.3 Å². The fraction of sp³-hybridized carbons (Fsp3) is 0.0667.